The van der Waals surface area contributed by atoms with Gasteiger partial charge < -0.3 is 9.26 Å². The van der Waals surface area contributed by atoms with E-state index in [0.717, 1.165) is 22.9 Å². The van der Waals surface area contributed by atoms with Gasteiger partial charge in [0.2, 0.25) is 0 Å². The molecule has 1 unspecified atom stereocenters. The molecule has 0 saturated heterocycles. The molecule has 0 radical (unpaired) electrons. The van der Waals surface area contributed by atoms with Crippen molar-refractivity contribution < 1.29 is 14.1 Å². The predicted molar refractivity (Wildman–Crippen MR) is 93.8 cm³/mol. The molecule has 0 amide bonds. The fourth-order valence-electron chi connectivity index (χ4n) is 2.23. The molecule has 1 atom stereocenters. The third-order valence-corrected chi connectivity index (χ3v) is 4.06. The summed E-state index contributed by atoms with van der Waals surface area (Å²) in [4.78, 5) is 16.5. The van der Waals surface area contributed by atoms with Crippen LogP contribution < -0.4 is 0 Å². The molecular formula is C17H17BrN4O3. The second kappa shape index (κ2) is 7.60. The van der Waals surface area contributed by atoms with Crippen LogP contribution in [0.1, 0.15) is 48.6 Å². The summed E-state index contributed by atoms with van der Waals surface area (Å²) in [5.74, 6) is 0.363. The van der Waals surface area contributed by atoms with Crippen molar-refractivity contribution in [2.75, 3.05) is 0 Å². The number of carbonyl (C=O) groups is 1. The Morgan fingerprint density at radius 2 is 2.12 bits per heavy atom. The number of hydrogen-bond acceptors (Lipinski definition) is 6. The van der Waals surface area contributed by atoms with Crippen molar-refractivity contribution in [3.8, 4) is 11.3 Å². The molecule has 2 aromatic heterocycles. The summed E-state index contributed by atoms with van der Waals surface area (Å²) in [7, 11) is 0. The van der Waals surface area contributed by atoms with Gasteiger partial charge in [0.15, 0.2) is 11.9 Å². The Morgan fingerprint density at radius 3 is 2.84 bits per heavy atom. The molecule has 8 heteroatoms. The average Bonchev–Trinajstić information content (AvgIpc) is 3.25. The number of nitrogens with zero attached hydrogens (tertiary/aromatic N) is 3. The van der Waals surface area contributed by atoms with Gasteiger partial charge in [0.25, 0.3) is 5.89 Å². The Kier molecular flexibility index (Phi) is 5.28. The van der Waals surface area contributed by atoms with E-state index < -0.39 is 12.1 Å². The summed E-state index contributed by atoms with van der Waals surface area (Å²) >= 11 is 3.38. The zero-order valence-corrected chi connectivity index (χ0v) is 15.4. The number of carbonyl (C=O) groups excluding carboxylic acids is 1. The second-order valence-corrected chi connectivity index (χ2v) is 6.44. The molecule has 7 nitrogen and oxygen atoms in total. The van der Waals surface area contributed by atoms with Crippen LogP contribution in [-0.4, -0.2) is 26.3 Å². The first-order chi connectivity index (χ1) is 12.1. The number of aromatic amines is 1. The number of nitrogens with one attached hydrogen (secondary N) is 1. The van der Waals surface area contributed by atoms with Crippen LogP contribution in [0.15, 0.2) is 39.3 Å². The molecule has 130 valence electrons. The van der Waals surface area contributed by atoms with E-state index in [-0.39, 0.29) is 11.6 Å². The van der Waals surface area contributed by atoms with Crippen molar-refractivity contribution >= 4 is 21.9 Å². The van der Waals surface area contributed by atoms with E-state index in [1.807, 2.05) is 31.2 Å². The van der Waals surface area contributed by atoms with Gasteiger partial charge in [-0.15, -0.1) is 0 Å². The molecule has 2 heterocycles. The fourth-order valence-corrected chi connectivity index (χ4v) is 2.49. The largest absolute Gasteiger partial charge is 0.448 e. The summed E-state index contributed by atoms with van der Waals surface area (Å²) in [5.41, 5.74) is 1.82. The lowest BCUT2D eigenvalue weighted by Gasteiger charge is -2.07. The highest BCUT2D eigenvalue weighted by molar-refractivity contribution is 9.10. The first-order valence-electron chi connectivity index (χ1n) is 7.91. The van der Waals surface area contributed by atoms with Crippen LogP contribution in [0.4, 0.5) is 0 Å². The molecule has 3 rings (SSSR count). The van der Waals surface area contributed by atoms with Crippen LogP contribution in [0.25, 0.3) is 11.3 Å². The van der Waals surface area contributed by atoms with E-state index in [1.54, 1.807) is 13.0 Å². The Bertz CT molecular complexity index is 857. The standard InChI is InChI=1S/C17H17BrN4O3/c1-3-4-15-19-16(25-22-15)10(2)24-17(23)14-9-13(20-21-14)11-5-7-12(18)8-6-11/h5-10H,3-4H2,1-2H3,(H,20,21). The van der Waals surface area contributed by atoms with Crippen molar-refractivity contribution in [1.82, 2.24) is 20.3 Å². The average molecular weight is 405 g/mol. The lowest BCUT2D eigenvalue weighted by atomic mass is 10.1. The highest BCUT2D eigenvalue weighted by Crippen LogP contribution is 2.22. The van der Waals surface area contributed by atoms with Gasteiger partial charge in [0.1, 0.15) is 5.69 Å². The maximum absolute atomic E-state index is 12.3. The van der Waals surface area contributed by atoms with Gasteiger partial charge in [-0.3, -0.25) is 5.10 Å². The minimum Gasteiger partial charge on any atom is -0.448 e. The maximum Gasteiger partial charge on any atom is 0.357 e. The molecule has 0 bridgehead atoms. The van der Waals surface area contributed by atoms with Crippen molar-refractivity contribution in [1.29, 1.82) is 0 Å². The molecule has 1 aromatic carbocycles. The molecule has 0 saturated carbocycles. The van der Waals surface area contributed by atoms with Crippen molar-refractivity contribution in [3.05, 3.63) is 52.2 Å². The van der Waals surface area contributed by atoms with E-state index >= 15 is 0 Å². The zero-order valence-electron chi connectivity index (χ0n) is 13.8. The lowest BCUT2D eigenvalue weighted by molar-refractivity contribution is 0.0258. The van der Waals surface area contributed by atoms with Gasteiger partial charge in [0.05, 0.1) is 5.69 Å². The highest BCUT2D eigenvalue weighted by atomic mass is 79.9. The normalized spacial score (nSPS) is 12.1. The Hall–Kier alpha value is -2.48. The third kappa shape index (κ3) is 4.14. The number of aryl methyl sites for hydroxylation is 1. The first-order valence-corrected chi connectivity index (χ1v) is 8.71. The van der Waals surface area contributed by atoms with Crippen LogP contribution in [0, 0.1) is 0 Å². The van der Waals surface area contributed by atoms with Crippen LogP contribution in [-0.2, 0) is 11.2 Å². The Morgan fingerprint density at radius 1 is 1.36 bits per heavy atom. The minimum absolute atomic E-state index is 0.262. The first kappa shape index (κ1) is 17.3. The number of aromatic nitrogens is 4. The molecule has 0 aliphatic carbocycles. The van der Waals surface area contributed by atoms with E-state index in [1.165, 1.54) is 0 Å². The zero-order chi connectivity index (χ0) is 17.8. The molecule has 0 fully saturated rings. The smallest absolute Gasteiger partial charge is 0.357 e. The van der Waals surface area contributed by atoms with Gasteiger partial charge in [-0.25, -0.2) is 4.79 Å². The molecule has 0 spiro atoms. The molecule has 25 heavy (non-hydrogen) atoms. The van der Waals surface area contributed by atoms with Gasteiger partial charge in [-0.05, 0) is 31.5 Å². The van der Waals surface area contributed by atoms with E-state index in [0.29, 0.717) is 11.5 Å². The summed E-state index contributed by atoms with van der Waals surface area (Å²) in [6.07, 6.45) is 1.01. The van der Waals surface area contributed by atoms with Crippen molar-refractivity contribution in [2.45, 2.75) is 32.8 Å². The van der Waals surface area contributed by atoms with Gasteiger partial charge >= 0.3 is 5.97 Å². The number of esters is 1. The van der Waals surface area contributed by atoms with Crippen LogP contribution in [0.5, 0.6) is 0 Å². The topological polar surface area (TPSA) is 93.9 Å². The highest BCUT2D eigenvalue weighted by Gasteiger charge is 2.21. The van der Waals surface area contributed by atoms with E-state index in [2.05, 4.69) is 36.3 Å². The molecule has 1 N–H and O–H groups in total. The Balaban J connectivity index is 1.67. The second-order valence-electron chi connectivity index (χ2n) is 5.52. The lowest BCUT2D eigenvalue weighted by Crippen LogP contribution is -2.10. The molecule has 0 aliphatic rings. The van der Waals surface area contributed by atoms with Crippen molar-refractivity contribution in [3.63, 3.8) is 0 Å². The number of H-pyrrole nitrogens is 1. The van der Waals surface area contributed by atoms with Gasteiger partial charge in [-0.1, -0.05) is 40.1 Å². The van der Waals surface area contributed by atoms with Gasteiger partial charge in [-0.2, -0.15) is 10.1 Å². The predicted octanol–water partition coefficient (Wildman–Crippen LogP) is 4.09. The number of benzene rings is 1. The molecular weight excluding hydrogens is 388 g/mol. The van der Waals surface area contributed by atoms with Gasteiger partial charge in [0, 0.05) is 16.5 Å². The van der Waals surface area contributed by atoms with E-state index in [9.17, 15) is 4.79 Å². The van der Waals surface area contributed by atoms with E-state index in [4.69, 9.17) is 9.26 Å². The maximum atomic E-state index is 12.3. The summed E-state index contributed by atoms with van der Waals surface area (Å²) in [5, 5.41) is 10.7. The summed E-state index contributed by atoms with van der Waals surface area (Å²) < 4.78 is 11.5. The summed E-state index contributed by atoms with van der Waals surface area (Å²) in [6.45, 7) is 3.72. The van der Waals surface area contributed by atoms with Crippen LogP contribution in [0.2, 0.25) is 0 Å². The minimum atomic E-state index is -0.634. The van der Waals surface area contributed by atoms with Crippen molar-refractivity contribution in [2.24, 2.45) is 0 Å². The SMILES string of the molecule is CCCc1noc(C(C)OC(=O)c2cc(-c3ccc(Br)cc3)n[nH]2)n1. The third-order valence-electron chi connectivity index (χ3n) is 3.53. The van der Waals surface area contributed by atoms with Crippen LogP contribution >= 0.6 is 15.9 Å². The number of halogens is 1. The number of hydrogen-bond donors (Lipinski definition) is 1. The number of rotatable bonds is 6. The monoisotopic (exact) mass is 404 g/mol. The molecule has 3 aromatic rings. The molecule has 0 aliphatic heterocycles. The Labute approximate surface area is 152 Å². The van der Waals surface area contributed by atoms with Crippen LogP contribution in [0.3, 0.4) is 0 Å². The quantitative estimate of drug-likeness (QED) is 0.621. The fraction of sp³-hybridized carbons (Fsp3) is 0.294. The number of ether oxygens (including phenoxy) is 1. The summed E-state index contributed by atoms with van der Waals surface area (Å²) in [6, 6.07) is 9.28.